The van der Waals surface area contributed by atoms with Crippen molar-refractivity contribution < 1.29 is 4.79 Å². The third-order valence-electron chi connectivity index (χ3n) is 3.27. The smallest absolute Gasteiger partial charge is 0.263 e. The zero-order chi connectivity index (χ0) is 13.9. The Morgan fingerprint density at radius 2 is 2.00 bits per heavy atom. The van der Waals surface area contributed by atoms with Crippen LogP contribution in [0.25, 0.3) is 0 Å². The van der Waals surface area contributed by atoms with Gasteiger partial charge in [-0.15, -0.1) is 0 Å². The summed E-state index contributed by atoms with van der Waals surface area (Å²) in [5.41, 5.74) is 1.71. The summed E-state index contributed by atoms with van der Waals surface area (Å²) in [7, 11) is 3.44. The Hall–Kier alpha value is -1.58. The van der Waals surface area contributed by atoms with E-state index in [1.807, 2.05) is 19.9 Å². The number of nitrogens with zero attached hydrogens (tertiary/aromatic N) is 2. The lowest BCUT2D eigenvalue weighted by atomic mass is 10.1. The van der Waals surface area contributed by atoms with E-state index < -0.39 is 0 Å². The first kappa shape index (κ1) is 14.5. The number of pyridine rings is 1. The van der Waals surface area contributed by atoms with Crippen LogP contribution in [-0.2, 0) is 7.05 Å². The molecule has 0 aliphatic heterocycles. The van der Waals surface area contributed by atoms with E-state index in [1.54, 1.807) is 19.0 Å². The Morgan fingerprint density at radius 1 is 1.39 bits per heavy atom. The molecular formula is C14H22N2O2. The van der Waals surface area contributed by atoms with Gasteiger partial charge in [0.15, 0.2) is 0 Å². The van der Waals surface area contributed by atoms with E-state index in [0.717, 1.165) is 24.1 Å². The third kappa shape index (κ3) is 2.81. The fourth-order valence-corrected chi connectivity index (χ4v) is 1.93. The summed E-state index contributed by atoms with van der Waals surface area (Å²) in [6, 6.07) is 1.88. The molecule has 0 bridgehead atoms. The highest BCUT2D eigenvalue weighted by Crippen LogP contribution is 2.08. The highest BCUT2D eigenvalue weighted by atomic mass is 16.2. The van der Waals surface area contributed by atoms with Crippen molar-refractivity contribution >= 4 is 5.91 Å². The molecule has 0 saturated carbocycles. The quantitative estimate of drug-likeness (QED) is 0.818. The Labute approximate surface area is 108 Å². The van der Waals surface area contributed by atoms with Crippen LogP contribution in [0.1, 0.15) is 41.4 Å². The topological polar surface area (TPSA) is 42.3 Å². The Bertz CT molecular complexity index is 503. The third-order valence-corrected chi connectivity index (χ3v) is 3.27. The van der Waals surface area contributed by atoms with Gasteiger partial charge < -0.3 is 9.47 Å². The normalized spacial score (nSPS) is 10.5. The number of hydrogen-bond acceptors (Lipinski definition) is 2. The summed E-state index contributed by atoms with van der Waals surface area (Å²) in [4.78, 5) is 26.0. The minimum Gasteiger partial charge on any atom is -0.342 e. The summed E-state index contributed by atoms with van der Waals surface area (Å²) in [5, 5.41) is 0. The van der Waals surface area contributed by atoms with Crippen molar-refractivity contribution in [2.75, 3.05) is 13.6 Å². The van der Waals surface area contributed by atoms with Crippen LogP contribution in [0.5, 0.6) is 0 Å². The van der Waals surface area contributed by atoms with Crippen molar-refractivity contribution in [2.24, 2.45) is 7.05 Å². The molecule has 1 aromatic heterocycles. The summed E-state index contributed by atoms with van der Waals surface area (Å²) in [6.45, 7) is 6.44. The van der Waals surface area contributed by atoms with Gasteiger partial charge in [-0.3, -0.25) is 9.59 Å². The lowest BCUT2D eigenvalue weighted by molar-refractivity contribution is 0.0790. The van der Waals surface area contributed by atoms with E-state index in [0.29, 0.717) is 12.1 Å². The van der Waals surface area contributed by atoms with Crippen molar-refractivity contribution in [3.63, 3.8) is 0 Å². The molecule has 0 aliphatic carbocycles. The van der Waals surface area contributed by atoms with E-state index in [4.69, 9.17) is 0 Å². The first-order chi connectivity index (χ1) is 8.40. The van der Waals surface area contributed by atoms with Crippen molar-refractivity contribution in [3.8, 4) is 0 Å². The van der Waals surface area contributed by atoms with Crippen LogP contribution >= 0.6 is 0 Å². The van der Waals surface area contributed by atoms with Gasteiger partial charge in [-0.1, -0.05) is 13.3 Å². The van der Waals surface area contributed by atoms with Crippen LogP contribution in [0.3, 0.4) is 0 Å². The number of carbonyl (C=O) groups is 1. The van der Waals surface area contributed by atoms with Gasteiger partial charge in [-0.2, -0.15) is 0 Å². The van der Waals surface area contributed by atoms with Gasteiger partial charge in [0.2, 0.25) is 0 Å². The first-order valence-electron chi connectivity index (χ1n) is 6.32. The monoisotopic (exact) mass is 250 g/mol. The van der Waals surface area contributed by atoms with Crippen molar-refractivity contribution in [1.29, 1.82) is 0 Å². The van der Waals surface area contributed by atoms with Crippen LogP contribution in [0.15, 0.2) is 10.9 Å². The molecule has 1 heterocycles. The summed E-state index contributed by atoms with van der Waals surface area (Å²) < 4.78 is 1.52. The molecule has 1 rings (SSSR count). The van der Waals surface area contributed by atoms with Gasteiger partial charge in [0, 0.05) is 26.3 Å². The maximum absolute atomic E-state index is 12.3. The zero-order valence-electron chi connectivity index (χ0n) is 11.9. The largest absolute Gasteiger partial charge is 0.342 e. The number of carbonyl (C=O) groups excluding carboxylic acids is 1. The molecule has 0 atom stereocenters. The van der Waals surface area contributed by atoms with Crippen molar-refractivity contribution in [3.05, 3.63) is 33.2 Å². The number of aryl methyl sites for hydroxylation is 2. The standard InChI is InChI=1S/C14H22N2O2/c1-6-7-8-15(4)13(17)12-10(2)9-11(3)16(5)14(12)18/h9H,6-8H2,1-5H3. The first-order valence-corrected chi connectivity index (χ1v) is 6.32. The molecule has 0 spiro atoms. The van der Waals surface area contributed by atoms with Crippen LogP contribution in [0.2, 0.25) is 0 Å². The summed E-state index contributed by atoms with van der Waals surface area (Å²) in [5.74, 6) is -0.179. The highest BCUT2D eigenvalue weighted by Gasteiger charge is 2.19. The molecule has 1 amide bonds. The lowest BCUT2D eigenvalue weighted by Crippen LogP contribution is -2.35. The predicted molar refractivity (Wildman–Crippen MR) is 73.0 cm³/mol. The zero-order valence-corrected chi connectivity index (χ0v) is 11.9. The maximum atomic E-state index is 12.3. The van der Waals surface area contributed by atoms with E-state index in [-0.39, 0.29) is 11.5 Å². The van der Waals surface area contributed by atoms with Gasteiger partial charge in [-0.05, 0) is 31.9 Å². The highest BCUT2D eigenvalue weighted by molar-refractivity contribution is 5.95. The minimum absolute atomic E-state index is 0.179. The molecule has 100 valence electrons. The second-order valence-corrected chi connectivity index (χ2v) is 4.79. The second kappa shape index (κ2) is 5.85. The second-order valence-electron chi connectivity index (χ2n) is 4.79. The molecule has 0 fully saturated rings. The average molecular weight is 250 g/mol. The predicted octanol–water partition coefficient (Wildman–Crippen LogP) is 1.87. The molecule has 4 heteroatoms. The molecular weight excluding hydrogens is 228 g/mol. The number of aromatic nitrogens is 1. The van der Waals surface area contributed by atoms with Crippen LogP contribution in [0, 0.1) is 13.8 Å². The molecule has 0 N–H and O–H groups in total. The SMILES string of the molecule is CCCCN(C)C(=O)c1c(C)cc(C)n(C)c1=O. The van der Waals surface area contributed by atoms with Gasteiger partial charge in [0.25, 0.3) is 11.5 Å². The molecule has 0 saturated heterocycles. The number of hydrogen-bond donors (Lipinski definition) is 0. The average Bonchev–Trinajstić information content (AvgIpc) is 2.33. The van der Waals surface area contributed by atoms with Gasteiger partial charge in [0.1, 0.15) is 5.56 Å². The van der Waals surface area contributed by atoms with Crippen LogP contribution in [0.4, 0.5) is 0 Å². The number of rotatable bonds is 4. The molecule has 0 radical (unpaired) electrons. The van der Waals surface area contributed by atoms with Crippen LogP contribution < -0.4 is 5.56 Å². The van der Waals surface area contributed by atoms with Gasteiger partial charge >= 0.3 is 0 Å². The molecule has 0 aliphatic rings. The van der Waals surface area contributed by atoms with Crippen molar-refractivity contribution in [2.45, 2.75) is 33.6 Å². The van der Waals surface area contributed by atoms with E-state index in [9.17, 15) is 9.59 Å². The minimum atomic E-state index is -0.208. The summed E-state index contributed by atoms with van der Waals surface area (Å²) in [6.07, 6.45) is 1.98. The van der Waals surface area contributed by atoms with Crippen LogP contribution in [-0.4, -0.2) is 29.0 Å². The van der Waals surface area contributed by atoms with E-state index >= 15 is 0 Å². The Balaban J connectivity index is 3.14. The Morgan fingerprint density at radius 3 is 2.56 bits per heavy atom. The van der Waals surface area contributed by atoms with Crippen molar-refractivity contribution in [1.82, 2.24) is 9.47 Å². The maximum Gasteiger partial charge on any atom is 0.263 e. The number of unbranched alkanes of at least 4 members (excludes halogenated alkanes) is 1. The fraction of sp³-hybridized carbons (Fsp3) is 0.571. The number of amides is 1. The molecule has 4 nitrogen and oxygen atoms in total. The molecule has 0 aromatic carbocycles. The molecule has 1 aromatic rings. The summed E-state index contributed by atoms with van der Waals surface area (Å²) >= 11 is 0. The lowest BCUT2D eigenvalue weighted by Gasteiger charge is -2.18. The molecule has 18 heavy (non-hydrogen) atoms. The van der Waals surface area contributed by atoms with E-state index in [2.05, 4.69) is 6.92 Å². The van der Waals surface area contributed by atoms with Gasteiger partial charge in [0.05, 0.1) is 0 Å². The fourth-order valence-electron chi connectivity index (χ4n) is 1.93. The van der Waals surface area contributed by atoms with Gasteiger partial charge in [-0.25, -0.2) is 0 Å². The van der Waals surface area contributed by atoms with E-state index in [1.165, 1.54) is 4.57 Å². The Kier molecular flexibility index (Phi) is 4.70. The molecule has 0 unspecified atom stereocenters.